The fraction of sp³-hybridized carbons (Fsp3) is 0.357. The molecule has 0 saturated carbocycles. The highest BCUT2D eigenvalue weighted by atomic mass is 16.5. The molecule has 1 aliphatic heterocycles. The fourth-order valence-corrected chi connectivity index (χ4v) is 4.72. The van der Waals surface area contributed by atoms with E-state index in [2.05, 4.69) is 14.9 Å². The van der Waals surface area contributed by atoms with E-state index in [-0.39, 0.29) is 19.3 Å². The highest BCUT2D eigenvalue weighted by molar-refractivity contribution is 5.98. The lowest BCUT2D eigenvalue weighted by molar-refractivity contribution is -0.142. The molecule has 0 unspecified atom stereocenters. The molecular weight excluding hydrogens is 500 g/mol. The molecule has 11 nitrogen and oxygen atoms in total. The SMILES string of the molecule is Nc1ncnc2c1c(-c1ccc(Oc3ccccc3)cc1)nn2C1CCN(CCOCCOCC(=O)O)CC1. The van der Waals surface area contributed by atoms with Gasteiger partial charge in [-0.1, -0.05) is 18.2 Å². The maximum absolute atomic E-state index is 10.5. The number of anilines is 1. The van der Waals surface area contributed by atoms with E-state index in [0.717, 1.165) is 66.3 Å². The third-order valence-electron chi connectivity index (χ3n) is 6.68. The number of fused-ring (bicyclic) bond motifs is 1. The number of rotatable bonds is 12. The molecule has 11 heteroatoms. The first-order valence-corrected chi connectivity index (χ1v) is 13.0. The Morgan fingerprint density at radius 3 is 2.41 bits per heavy atom. The average molecular weight is 533 g/mol. The number of piperidine rings is 1. The largest absolute Gasteiger partial charge is 0.480 e. The van der Waals surface area contributed by atoms with Crippen LogP contribution in [0.4, 0.5) is 5.82 Å². The molecule has 3 heterocycles. The predicted molar refractivity (Wildman–Crippen MR) is 146 cm³/mol. The molecule has 0 radical (unpaired) electrons. The van der Waals surface area contributed by atoms with Crippen molar-refractivity contribution in [3.63, 3.8) is 0 Å². The number of ether oxygens (including phenoxy) is 3. The minimum absolute atomic E-state index is 0.192. The summed E-state index contributed by atoms with van der Waals surface area (Å²) in [5.41, 5.74) is 8.73. The maximum atomic E-state index is 10.5. The molecule has 0 amide bonds. The number of para-hydroxylation sites is 1. The third-order valence-corrected chi connectivity index (χ3v) is 6.68. The Balaban J connectivity index is 1.22. The number of nitrogen functional groups attached to an aromatic ring is 1. The number of aromatic nitrogens is 4. The molecule has 0 aliphatic carbocycles. The summed E-state index contributed by atoms with van der Waals surface area (Å²) >= 11 is 0. The van der Waals surface area contributed by atoms with Crippen molar-refractivity contribution in [2.75, 3.05) is 51.8 Å². The topological polar surface area (TPSA) is 138 Å². The number of aliphatic carboxylic acids is 1. The summed E-state index contributed by atoms with van der Waals surface area (Å²) in [6, 6.07) is 17.7. The van der Waals surface area contributed by atoms with Crippen LogP contribution in [-0.2, 0) is 14.3 Å². The number of nitrogens with zero attached hydrogens (tertiary/aromatic N) is 5. The molecule has 2 aromatic heterocycles. The van der Waals surface area contributed by atoms with Gasteiger partial charge in [0.25, 0.3) is 0 Å². The zero-order chi connectivity index (χ0) is 27.0. The van der Waals surface area contributed by atoms with Gasteiger partial charge in [-0.15, -0.1) is 0 Å². The Labute approximate surface area is 226 Å². The van der Waals surface area contributed by atoms with Crippen molar-refractivity contribution in [2.24, 2.45) is 0 Å². The quantitative estimate of drug-likeness (QED) is 0.260. The lowest BCUT2D eigenvalue weighted by Gasteiger charge is -2.32. The zero-order valence-electron chi connectivity index (χ0n) is 21.6. The molecule has 4 aromatic rings. The van der Waals surface area contributed by atoms with Crippen molar-refractivity contribution in [1.29, 1.82) is 0 Å². The van der Waals surface area contributed by atoms with Gasteiger partial charge in [-0.05, 0) is 49.2 Å². The summed E-state index contributed by atoms with van der Waals surface area (Å²) in [5.74, 6) is 0.950. The number of hydrogen-bond acceptors (Lipinski definition) is 9. The first-order valence-electron chi connectivity index (χ1n) is 13.0. The molecule has 1 fully saturated rings. The van der Waals surface area contributed by atoms with Crippen molar-refractivity contribution < 1.29 is 24.1 Å². The molecule has 1 aliphatic rings. The number of benzene rings is 2. The van der Waals surface area contributed by atoms with E-state index in [1.165, 1.54) is 6.33 Å². The molecular formula is C28H32N6O5. The zero-order valence-corrected chi connectivity index (χ0v) is 21.6. The Bertz CT molecular complexity index is 1370. The Hall–Kier alpha value is -4.06. The molecule has 0 atom stereocenters. The molecule has 2 aromatic carbocycles. The van der Waals surface area contributed by atoms with Crippen molar-refractivity contribution in [3.8, 4) is 22.8 Å². The second kappa shape index (κ2) is 12.7. The molecule has 3 N–H and O–H groups in total. The van der Waals surface area contributed by atoms with Crippen molar-refractivity contribution in [1.82, 2.24) is 24.6 Å². The van der Waals surface area contributed by atoms with Crippen molar-refractivity contribution in [2.45, 2.75) is 18.9 Å². The van der Waals surface area contributed by atoms with Gasteiger partial charge < -0.3 is 30.0 Å². The summed E-state index contributed by atoms with van der Waals surface area (Å²) in [7, 11) is 0. The summed E-state index contributed by atoms with van der Waals surface area (Å²) in [5, 5.41) is 14.3. The molecule has 39 heavy (non-hydrogen) atoms. The Morgan fingerprint density at radius 1 is 0.949 bits per heavy atom. The normalized spacial score (nSPS) is 14.6. The second-order valence-corrected chi connectivity index (χ2v) is 9.32. The van der Waals surface area contributed by atoms with E-state index in [1.807, 2.05) is 59.3 Å². The first kappa shape index (κ1) is 26.5. The summed E-state index contributed by atoms with van der Waals surface area (Å²) in [6.45, 7) is 3.56. The smallest absolute Gasteiger partial charge is 0.329 e. The first-order chi connectivity index (χ1) is 19.1. The van der Waals surface area contributed by atoms with Gasteiger partial charge in [0.05, 0.1) is 31.2 Å². The van der Waals surface area contributed by atoms with Gasteiger partial charge >= 0.3 is 5.97 Å². The molecule has 1 saturated heterocycles. The van der Waals surface area contributed by atoms with Gasteiger partial charge in [0.2, 0.25) is 0 Å². The minimum atomic E-state index is -0.976. The van der Waals surface area contributed by atoms with Crippen LogP contribution < -0.4 is 10.5 Å². The van der Waals surface area contributed by atoms with Gasteiger partial charge in [0, 0.05) is 25.2 Å². The van der Waals surface area contributed by atoms with Crippen LogP contribution >= 0.6 is 0 Å². The number of likely N-dealkylation sites (tertiary alicyclic amines) is 1. The van der Waals surface area contributed by atoms with E-state index in [1.54, 1.807) is 0 Å². The van der Waals surface area contributed by atoms with Gasteiger partial charge in [0.1, 0.15) is 35.9 Å². The second-order valence-electron chi connectivity index (χ2n) is 9.32. The standard InChI is InChI=1S/C28H32N6O5/c29-27-25-26(20-6-8-23(9-7-20)39-22-4-2-1-3-5-22)32-34(28(25)31-19-30-27)21-10-12-33(13-11-21)14-15-37-16-17-38-18-24(35)36/h1-9,19,21H,10-18H2,(H,35,36)(H2,29,30,31). The van der Waals surface area contributed by atoms with Crippen LogP contribution in [0.25, 0.3) is 22.3 Å². The fourth-order valence-electron chi connectivity index (χ4n) is 4.72. The maximum Gasteiger partial charge on any atom is 0.329 e. The number of hydrogen-bond donors (Lipinski definition) is 2. The average Bonchev–Trinajstić information content (AvgIpc) is 3.35. The van der Waals surface area contributed by atoms with Crippen LogP contribution in [0.15, 0.2) is 60.9 Å². The van der Waals surface area contributed by atoms with E-state index >= 15 is 0 Å². The lowest BCUT2D eigenvalue weighted by atomic mass is 10.1. The minimum Gasteiger partial charge on any atom is -0.480 e. The lowest BCUT2D eigenvalue weighted by Crippen LogP contribution is -2.37. The molecule has 0 bridgehead atoms. The van der Waals surface area contributed by atoms with E-state index in [0.29, 0.717) is 19.0 Å². The summed E-state index contributed by atoms with van der Waals surface area (Å²) in [6.07, 6.45) is 3.33. The Kier molecular flexibility index (Phi) is 8.61. The van der Waals surface area contributed by atoms with Crippen LogP contribution in [-0.4, -0.2) is 81.8 Å². The van der Waals surface area contributed by atoms with Crippen molar-refractivity contribution >= 4 is 22.8 Å². The van der Waals surface area contributed by atoms with Crippen LogP contribution in [0.5, 0.6) is 11.5 Å². The molecule has 5 rings (SSSR count). The van der Waals surface area contributed by atoms with Gasteiger partial charge in [-0.2, -0.15) is 5.10 Å². The highest BCUT2D eigenvalue weighted by Crippen LogP contribution is 2.35. The van der Waals surface area contributed by atoms with E-state index in [9.17, 15) is 4.79 Å². The predicted octanol–water partition coefficient (Wildman–Crippen LogP) is 3.62. The number of carboxylic acid groups (broad SMARTS) is 1. The Morgan fingerprint density at radius 2 is 1.67 bits per heavy atom. The van der Waals surface area contributed by atoms with Crippen molar-refractivity contribution in [3.05, 3.63) is 60.9 Å². The van der Waals surface area contributed by atoms with E-state index < -0.39 is 5.97 Å². The molecule has 0 spiro atoms. The number of carbonyl (C=O) groups is 1. The highest BCUT2D eigenvalue weighted by Gasteiger charge is 2.26. The van der Waals surface area contributed by atoms with Gasteiger partial charge in [-0.25, -0.2) is 19.4 Å². The number of nitrogens with two attached hydrogens (primary N) is 1. The molecule has 204 valence electrons. The van der Waals surface area contributed by atoms with Crippen LogP contribution in [0.3, 0.4) is 0 Å². The van der Waals surface area contributed by atoms with E-state index in [4.69, 9.17) is 30.1 Å². The van der Waals surface area contributed by atoms with Crippen LogP contribution in [0.2, 0.25) is 0 Å². The van der Waals surface area contributed by atoms with Crippen LogP contribution in [0, 0.1) is 0 Å². The number of carboxylic acids is 1. The monoisotopic (exact) mass is 532 g/mol. The van der Waals surface area contributed by atoms with Gasteiger partial charge in [-0.3, -0.25) is 0 Å². The van der Waals surface area contributed by atoms with Crippen LogP contribution in [0.1, 0.15) is 18.9 Å². The van der Waals surface area contributed by atoms with Gasteiger partial charge in [0.15, 0.2) is 5.65 Å². The third kappa shape index (κ3) is 6.69. The summed E-state index contributed by atoms with van der Waals surface area (Å²) in [4.78, 5) is 21.6. The summed E-state index contributed by atoms with van der Waals surface area (Å²) < 4.78 is 18.5.